The molecule has 10 nitrogen and oxygen atoms in total. The minimum atomic E-state index is -0.382. The number of carbonyl (C=O) groups excluding carboxylic acids is 1. The van der Waals surface area contributed by atoms with Crippen LogP contribution in [0.1, 0.15) is 19.5 Å². The fraction of sp³-hybridized carbons (Fsp3) is 0.318. The van der Waals surface area contributed by atoms with Gasteiger partial charge in [-0.05, 0) is 37.6 Å². The van der Waals surface area contributed by atoms with Gasteiger partial charge in [-0.1, -0.05) is 22.5 Å². The maximum atomic E-state index is 12.6. The molecule has 2 aliphatic rings. The van der Waals surface area contributed by atoms with E-state index in [0.717, 1.165) is 16.8 Å². The lowest BCUT2D eigenvalue weighted by Gasteiger charge is -2.31. The third-order valence-electron chi connectivity index (χ3n) is 5.48. The van der Waals surface area contributed by atoms with Crippen molar-refractivity contribution in [1.82, 2.24) is 20.0 Å². The van der Waals surface area contributed by atoms with Gasteiger partial charge in [-0.25, -0.2) is 9.48 Å². The summed E-state index contributed by atoms with van der Waals surface area (Å²) in [4.78, 5) is 23.8. The number of carbonyl (C=O) groups is 1. The van der Waals surface area contributed by atoms with Crippen LogP contribution in [0.2, 0.25) is 0 Å². The second kappa shape index (κ2) is 8.29. The molecule has 3 aromatic rings. The number of nitrogens with zero attached hydrogens (tertiary/aromatic N) is 6. The van der Waals surface area contributed by atoms with E-state index in [9.17, 15) is 4.79 Å². The first-order valence-corrected chi connectivity index (χ1v) is 10.4. The summed E-state index contributed by atoms with van der Waals surface area (Å²) in [7, 11) is 0. The van der Waals surface area contributed by atoms with Crippen molar-refractivity contribution in [2.45, 2.75) is 32.5 Å². The van der Waals surface area contributed by atoms with E-state index in [4.69, 9.17) is 14.3 Å². The molecule has 0 saturated carbocycles. The van der Waals surface area contributed by atoms with Crippen LogP contribution in [0.25, 0.3) is 11.1 Å². The molecule has 1 fully saturated rings. The lowest BCUT2D eigenvalue weighted by Crippen LogP contribution is -2.45. The number of aromatic nitrogens is 4. The van der Waals surface area contributed by atoms with Crippen LogP contribution in [0, 0.1) is 0 Å². The van der Waals surface area contributed by atoms with Gasteiger partial charge in [-0.15, -0.1) is 5.10 Å². The van der Waals surface area contributed by atoms with Gasteiger partial charge in [-0.3, -0.25) is 9.88 Å². The van der Waals surface area contributed by atoms with Crippen molar-refractivity contribution >= 4 is 17.5 Å². The van der Waals surface area contributed by atoms with E-state index in [0.29, 0.717) is 36.9 Å². The Morgan fingerprint density at radius 2 is 2.16 bits per heavy atom. The van der Waals surface area contributed by atoms with Gasteiger partial charge >= 0.3 is 6.09 Å². The second-order valence-corrected chi connectivity index (χ2v) is 7.50. The molecular weight excluding hydrogens is 412 g/mol. The minimum absolute atomic E-state index is 0.224. The number of hydrogen-bond acceptors (Lipinski definition) is 8. The SMILES string of the molecule is CCO/N=C(\C)c1ccc(-c2ccc3c(c2)OC[C@H]2[C@H](Cn4ccnn4)OC(=O)N32)cn1. The van der Waals surface area contributed by atoms with Gasteiger partial charge in [0.2, 0.25) is 0 Å². The number of benzene rings is 1. The van der Waals surface area contributed by atoms with Crippen LogP contribution in [0.5, 0.6) is 5.75 Å². The molecule has 0 aliphatic carbocycles. The smallest absolute Gasteiger partial charge is 0.415 e. The van der Waals surface area contributed by atoms with E-state index >= 15 is 0 Å². The first-order chi connectivity index (χ1) is 15.6. The average Bonchev–Trinajstić information content (AvgIpc) is 3.45. The number of rotatable bonds is 6. The Bertz CT molecular complexity index is 1150. The molecule has 1 amide bonds. The zero-order valence-corrected chi connectivity index (χ0v) is 17.7. The first-order valence-electron chi connectivity index (χ1n) is 10.4. The van der Waals surface area contributed by atoms with Crippen LogP contribution in [0.3, 0.4) is 0 Å². The monoisotopic (exact) mass is 434 g/mol. The summed E-state index contributed by atoms with van der Waals surface area (Å²) < 4.78 is 13.3. The van der Waals surface area contributed by atoms with Gasteiger partial charge in [0.15, 0.2) is 0 Å². The van der Waals surface area contributed by atoms with Gasteiger partial charge in [0.1, 0.15) is 36.8 Å². The molecule has 0 spiro atoms. The molecule has 1 saturated heterocycles. The molecular formula is C22H22N6O4. The van der Waals surface area contributed by atoms with Crippen molar-refractivity contribution in [2.24, 2.45) is 5.16 Å². The van der Waals surface area contributed by atoms with Gasteiger partial charge < -0.3 is 14.3 Å². The van der Waals surface area contributed by atoms with Crippen LogP contribution in [-0.4, -0.2) is 57.1 Å². The Morgan fingerprint density at radius 1 is 1.28 bits per heavy atom. The van der Waals surface area contributed by atoms with Crippen molar-refractivity contribution in [3.05, 3.63) is 54.6 Å². The summed E-state index contributed by atoms with van der Waals surface area (Å²) in [6.07, 6.45) is 4.37. The van der Waals surface area contributed by atoms with Gasteiger partial charge in [0.25, 0.3) is 0 Å². The Balaban J connectivity index is 1.37. The van der Waals surface area contributed by atoms with Crippen LogP contribution in [-0.2, 0) is 16.1 Å². The third kappa shape index (κ3) is 3.64. The summed E-state index contributed by atoms with van der Waals surface area (Å²) >= 11 is 0. The highest BCUT2D eigenvalue weighted by Gasteiger charge is 2.46. The maximum Gasteiger partial charge on any atom is 0.415 e. The Hall–Kier alpha value is -3.95. The predicted octanol–water partition coefficient (Wildman–Crippen LogP) is 2.89. The number of oxime groups is 1. The van der Waals surface area contributed by atoms with Crippen molar-refractivity contribution in [3.8, 4) is 16.9 Å². The molecule has 10 heteroatoms. The number of anilines is 1. The van der Waals surface area contributed by atoms with Crippen molar-refractivity contribution in [2.75, 3.05) is 18.1 Å². The molecule has 2 aliphatic heterocycles. The third-order valence-corrected chi connectivity index (χ3v) is 5.48. The number of pyridine rings is 1. The topological polar surface area (TPSA) is 104 Å². The van der Waals surface area contributed by atoms with Gasteiger partial charge in [0.05, 0.1) is 24.1 Å². The summed E-state index contributed by atoms with van der Waals surface area (Å²) in [5.74, 6) is 0.635. The molecule has 0 N–H and O–H groups in total. The number of fused-ring (bicyclic) bond motifs is 3. The van der Waals surface area contributed by atoms with E-state index in [1.165, 1.54) is 0 Å². The number of ether oxygens (including phenoxy) is 2. The zero-order chi connectivity index (χ0) is 22.1. The zero-order valence-electron chi connectivity index (χ0n) is 17.7. The molecule has 1 aromatic carbocycles. The molecule has 5 rings (SSSR count). The van der Waals surface area contributed by atoms with E-state index < -0.39 is 0 Å². The van der Waals surface area contributed by atoms with E-state index in [1.807, 2.05) is 44.2 Å². The van der Waals surface area contributed by atoms with Crippen molar-refractivity contribution in [3.63, 3.8) is 0 Å². The molecule has 32 heavy (non-hydrogen) atoms. The largest absolute Gasteiger partial charge is 0.489 e. The number of cyclic esters (lactones) is 1. The standard InChI is InChI=1S/C22H22N6O4/c1-3-31-25-14(2)17-6-4-16(11-23-17)15-5-7-18-20(10-15)30-13-19-21(32-22(29)28(18)19)12-27-9-8-24-26-27/h4-11,19,21H,3,12-13H2,1-2H3/b25-14+/t19-,21-/m0/s1. The van der Waals surface area contributed by atoms with Crippen molar-refractivity contribution < 1.29 is 19.1 Å². The molecule has 0 unspecified atom stereocenters. The fourth-order valence-electron chi connectivity index (χ4n) is 3.87. The quantitative estimate of drug-likeness (QED) is 0.434. The fourth-order valence-corrected chi connectivity index (χ4v) is 3.87. The Labute approximate surface area is 184 Å². The van der Waals surface area contributed by atoms with Crippen LogP contribution >= 0.6 is 0 Å². The summed E-state index contributed by atoms with van der Waals surface area (Å²) in [5, 5.41) is 11.8. The minimum Gasteiger partial charge on any atom is -0.489 e. The number of hydrogen-bond donors (Lipinski definition) is 0. The van der Waals surface area contributed by atoms with Crippen molar-refractivity contribution in [1.29, 1.82) is 0 Å². The van der Waals surface area contributed by atoms with Crippen LogP contribution < -0.4 is 9.64 Å². The Morgan fingerprint density at radius 3 is 2.91 bits per heavy atom. The highest BCUT2D eigenvalue weighted by Crippen LogP contribution is 2.41. The predicted molar refractivity (Wildman–Crippen MR) is 116 cm³/mol. The highest BCUT2D eigenvalue weighted by molar-refractivity contribution is 5.97. The molecule has 0 bridgehead atoms. The van der Waals surface area contributed by atoms with Gasteiger partial charge in [0, 0.05) is 18.0 Å². The molecule has 164 valence electrons. The lowest BCUT2D eigenvalue weighted by molar-refractivity contribution is 0.106. The van der Waals surface area contributed by atoms with Crippen LogP contribution in [0.4, 0.5) is 10.5 Å². The first kappa shape index (κ1) is 20.0. The highest BCUT2D eigenvalue weighted by atomic mass is 16.6. The molecule has 2 aromatic heterocycles. The van der Waals surface area contributed by atoms with Gasteiger partial charge in [-0.2, -0.15) is 0 Å². The molecule has 0 radical (unpaired) electrons. The van der Waals surface area contributed by atoms with E-state index in [-0.39, 0.29) is 18.2 Å². The summed E-state index contributed by atoms with van der Waals surface area (Å²) in [5.41, 5.74) is 4.02. The molecule has 2 atom stereocenters. The number of amides is 1. The maximum absolute atomic E-state index is 12.6. The molecule has 4 heterocycles. The van der Waals surface area contributed by atoms with E-state index in [2.05, 4.69) is 20.5 Å². The van der Waals surface area contributed by atoms with Crippen LogP contribution in [0.15, 0.2) is 54.1 Å². The average molecular weight is 434 g/mol. The second-order valence-electron chi connectivity index (χ2n) is 7.50. The summed E-state index contributed by atoms with van der Waals surface area (Å²) in [6.45, 7) is 5.01. The normalized spacial score (nSPS) is 19.8. The lowest BCUT2D eigenvalue weighted by atomic mass is 10.0. The van der Waals surface area contributed by atoms with E-state index in [1.54, 1.807) is 28.2 Å². The Kier molecular flexibility index (Phi) is 5.18. The summed E-state index contributed by atoms with van der Waals surface area (Å²) in [6, 6.07) is 9.39.